The Kier molecular flexibility index (Phi) is 25.8. The van der Waals surface area contributed by atoms with Gasteiger partial charge in [0, 0.05) is 62.9 Å². The molecule has 274 valence electrons. The predicted octanol–water partition coefficient (Wildman–Crippen LogP) is 10.6. The summed E-state index contributed by atoms with van der Waals surface area (Å²) in [5, 5.41) is 7.90. The second-order valence-corrected chi connectivity index (χ2v) is 10.8. The molecule has 1 aliphatic rings. The molecule has 48 heavy (non-hydrogen) atoms. The fourth-order valence-corrected chi connectivity index (χ4v) is 5.02. The summed E-state index contributed by atoms with van der Waals surface area (Å²) in [6.07, 6.45) is 5.44. The topological polar surface area (TPSA) is 84.1 Å². The first kappa shape index (κ1) is 46.7. The number of allylic oxidation sites excluding steroid dienone is 2. The van der Waals surface area contributed by atoms with Crippen molar-refractivity contribution in [3.63, 3.8) is 0 Å². The van der Waals surface area contributed by atoms with Gasteiger partial charge < -0.3 is 14.1 Å². The second-order valence-electron chi connectivity index (χ2n) is 10.8. The van der Waals surface area contributed by atoms with E-state index in [-0.39, 0.29) is 5.75 Å². The summed E-state index contributed by atoms with van der Waals surface area (Å²) in [6, 6.07) is 6.74. The van der Waals surface area contributed by atoms with Crippen molar-refractivity contribution in [2.75, 3.05) is 19.6 Å². The standard InChI is InChI=1S/C23H39N5O.C9H8F2O2.3C2H6/c1-8-11-21(12-9-2)28-14-13-27(16-20(28)10-3)22(17(4)5)24-15-18(6)23-26-25-19(7)29-23;1-9(10,11)13-8-4-2-7(6-12)3-5-8;3*1-2/h15,20-21H,6,8-14,16H2,1-5,7H3;2-6H,1H3;3*1-2H3/b24-15-;;;;. The van der Waals surface area contributed by atoms with Gasteiger partial charge in [-0.15, -0.1) is 10.2 Å². The van der Waals surface area contributed by atoms with Gasteiger partial charge in [-0.2, -0.15) is 8.78 Å². The first-order chi connectivity index (χ1) is 22.9. The maximum atomic E-state index is 12.3. The molecule has 10 heteroatoms. The molecule has 0 radical (unpaired) electrons. The number of carbonyl (C=O) groups is 1. The molecule has 2 aromatic rings. The van der Waals surface area contributed by atoms with Crippen LogP contribution in [0.3, 0.4) is 0 Å². The fourth-order valence-electron chi connectivity index (χ4n) is 5.02. The highest BCUT2D eigenvalue weighted by molar-refractivity contribution is 6.07. The summed E-state index contributed by atoms with van der Waals surface area (Å²) < 4.78 is 34.3. The molecule has 1 unspecified atom stereocenters. The van der Waals surface area contributed by atoms with E-state index in [1.807, 2.05) is 41.5 Å². The van der Waals surface area contributed by atoms with Crippen LogP contribution in [0.1, 0.15) is 137 Å². The highest BCUT2D eigenvalue weighted by atomic mass is 19.3. The first-order valence-corrected chi connectivity index (χ1v) is 17.8. The average molecular weight is 678 g/mol. The van der Waals surface area contributed by atoms with Gasteiger partial charge in [0.1, 0.15) is 17.9 Å². The van der Waals surface area contributed by atoms with Gasteiger partial charge >= 0.3 is 6.11 Å². The molecular formula is C38H65F2N5O3. The molecule has 1 atom stereocenters. The summed E-state index contributed by atoms with van der Waals surface area (Å²) in [5.41, 5.74) is 2.27. The zero-order chi connectivity index (χ0) is 37.3. The van der Waals surface area contributed by atoms with Crippen LogP contribution in [0.2, 0.25) is 0 Å². The number of benzene rings is 1. The number of alkyl halides is 2. The summed E-state index contributed by atoms with van der Waals surface area (Å²) in [7, 11) is 0. The van der Waals surface area contributed by atoms with Crippen molar-refractivity contribution < 1.29 is 22.7 Å². The fraction of sp³-hybridized carbons (Fsp3) is 0.632. The van der Waals surface area contributed by atoms with Crippen molar-refractivity contribution >= 4 is 18.1 Å². The van der Waals surface area contributed by atoms with Gasteiger partial charge in [0.2, 0.25) is 11.8 Å². The van der Waals surface area contributed by atoms with E-state index in [0.29, 0.717) is 48.2 Å². The minimum atomic E-state index is -3.19. The molecule has 0 spiro atoms. The van der Waals surface area contributed by atoms with Crippen LogP contribution in [0.5, 0.6) is 5.75 Å². The van der Waals surface area contributed by atoms with Gasteiger partial charge in [-0.25, -0.2) is 4.99 Å². The lowest BCUT2D eigenvalue weighted by Gasteiger charge is -2.46. The Bertz CT molecular complexity index is 1180. The Morgan fingerprint density at radius 3 is 2.02 bits per heavy atom. The summed E-state index contributed by atoms with van der Waals surface area (Å²) in [5.74, 6) is 2.03. The Morgan fingerprint density at radius 1 is 1.04 bits per heavy atom. The molecule has 1 saturated heterocycles. The molecular weight excluding hydrogens is 612 g/mol. The normalized spacial score (nSPS) is 14.2. The van der Waals surface area contributed by atoms with E-state index < -0.39 is 6.11 Å². The Morgan fingerprint density at radius 2 is 1.60 bits per heavy atom. The van der Waals surface area contributed by atoms with E-state index in [4.69, 9.17) is 9.41 Å². The molecule has 8 nitrogen and oxygen atoms in total. The number of hydrogen-bond donors (Lipinski definition) is 0. The van der Waals surface area contributed by atoms with Crippen LogP contribution in [-0.2, 0) is 0 Å². The Hall–Kier alpha value is -3.40. The largest absolute Gasteiger partial charge is 0.433 e. The number of ether oxygens (including phenoxy) is 1. The van der Waals surface area contributed by atoms with Crippen LogP contribution < -0.4 is 4.74 Å². The van der Waals surface area contributed by atoms with Crippen molar-refractivity contribution in [2.24, 2.45) is 4.99 Å². The number of aryl methyl sites for hydroxylation is 1. The van der Waals surface area contributed by atoms with E-state index in [1.54, 1.807) is 13.1 Å². The van der Waals surface area contributed by atoms with Crippen LogP contribution in [-0.4, -0.2) is 70.3 Å². The number of carbonyl (C=O) groups excluding carboxylic acids is 1. The summed E-state index contributed by atoms with van der Waals surface area (Å²) in [4.78, 5) is 20.2. The smallest absolute Gasteiger partial charge is 0.394 e. The maximum absolute atomic E-state index is 12.3. The lowest BCUT2D eigenvalue weighted by molar-refractivity contribution is -0.158. The zero-order valence-electron chi connectivity index (χ0n) is 32.2. The molecule has 0 amide bonds. The zero-order valence-corrected chi connectivity index (χ0v) is 32.2. The number of nitrogens with zero attached hydrogens (tertiary/aromatic N) is 5. The van der Waals surface area contributed by atoms with Gasteiger partial charge in [0.15, 0.2) is 0 Å². The molecule has 1 aliphatic heterocycles. The third kappa shape index (κ3) is 17.7. The highest BCUT2D eigenvalue weighted by Crippen LogP contribution is 2.25. The van der Waals surface area contributed by atoms with Crippen molar-refractivity contribution in [3.05, 3.63) is 59.6 Å². The molecule has 3 rings (SSSR count). The number of aliphatic imine (C=N–C) groups is 1. The molecule has 1 aromatic heterocycles. The first-order valence-electron chi connectivity index (χ1n) is 17.8. The van der Waals surface area contributed by atoms with Crippen LogP contribution in [0, 0.1) is 6.92 Å². The average Bonchev–Trinajstić information content (AvgIpc) is 3.53. The Labute approximate surface area is 290 Å². The van der Waals surface area contributed by atoms with E-state index in [9.17, 15) is 13.6 Å². The van der Waals surface area contributed by atoms with Crippen LogP contribution in [0.4, 0.5) is 8.78 Å². The lowest BCUT2D eigenvalue weighted by atomic mass is 9.99. The summed E-state index contributed by atoms with van der Waals surface area (Å²) in [6.45, 7) is 32.7. The minimum absolute atomic E-state index is 0.0399. The van der Waals surface area contributed by atoms with Crippen LogP contribution in [0.25, 0.3) is 5.57 Å². The SMILES string of the molecule is C=C(/C=N\C(=C(C)C)N1CCN(C(CCC)CCC)C(CC)C1)c1nnc(C)o1.CC.CC.CC.CC(F)(F)Oc1ccc(C=O)cc1. The number of halogens is 2. The molecule has 2 heterocycles. The number of hydrogen-bond acceptors (Lipinski definition) is 8. The van der Waals surface area contributed by atoms with Gasteiger partial charge in [0.05, 0.1) is 0 Å². The van der Waals surface area contributed by atoms with Crippen molar-refractivity contribution in [1.82, 2.24) is 20.0 Å². The van der Waals surface area contributed by atoms with Gasteiger partial charge in [-0.05, 0) is 62.9 Å². The number of aromatic nitrogens is 2. The molecule has 0 bridgehead atoms. The van der Waals surface area contributed by atoms with E-state index in [0.717, 1.165) is 31.9 Å². The van der Waals surface area contributed by atoms with Gasteiger partial charge in [-0.1, -0.05) is 81.7 Å². The number of aldehydes is 1. The Balaban J connectivity index is 0. The quantitative estimate of drug-likeness (QED) is 0.154. The molecule has 1 fully saturated rings. The molecule has 0 N–H and O–H groups in total. The van der Waals surface area contributed by atoms with Crippen LogP contribution >= 0.6 is 0 Å². The highest BCUT2D eigenvalue weighted by Gasteiger charge is 2.31. The summed E-state index contributed by atoms with van der Waals surface area (Å²) >= 11 is 0. The van der Waals surface area contributed by atoms with Crippen LogP contribution in [0.15, 0.2) is 51.6 Å². The second kappa shape index (κ2) is 26.5. The van der Waals surface area contributed by atoms with E-state index in [1.165, 1.54) is 55.5 Å². The van der Waals surface area contributed by atoms with E-state index in [2.05, 4.69) is 65.9 Å². The minimum Gasteiger partial charge on any atom is -0.433 e. The maximum Gasteiger partial charge on any atom is 0.394 e. The molecule has 0 aliphatic carbocycles. The van der Waals surface area contributed by atoms with Gasteiger partial charge in [-0.3, -0.25) is 9.69 Å². The van der Waals surface area contributed by atoms with Crippen molar-refractivity contribution in [1.29, 1.82) is 0 Å². The third-order valence-corrected chi connectivity index (χ3v) is 6.92. The number of rotatable bonds is 13. The molecule has 1 aromatic carbocycles. The monoisotopic (exact) mass is 678 g/mol. The van der Waals surface area contributed by atoms with Gasteiger partial charge in [0.25, 0.3) is 0 Å². The predicted molar refractivity (Wildman–Crippen MR) is 198 cm³/mol. The van der Waals surface area contributed by atoms with Crippen molar-refractivity contribution in [3.8, 4) is 5.75 Å². The lowest BCUT2D eigenvalue weighted by Crippen LogP contribution is -2.55. The van der Waals surface area contributed by atoms with E-state index >= 15 is 0 Å². The third-order valence-electron chi connectivity index (χ3n) is 6.92. The number of piperazine rings is 1. The van der Waals surface area contributed by atoms with Crippen molar-refractivity contribution in [2.45, 2.75) is 140 Å². The molecule has 0 saturated carbocycles.